The first-order chi connectivity index (χ1) is 8.66. The molecule has 0 atom stereocenters. The molecule has 2 rings (SSSR count). The van der Waals surface area contributed by atoms with Crippen molar-refractivity contribution in [1.82, 2.24) is 15.5 Å². The number of benzene rings is 1. The van der Waals surface area contributed by atoms with Gasteiger partial charge in [-0.05, 0) is 6.07 Å². The van der Waals surface area contributed by atoms with Crippen LogP contribution in [0.2, 0.25) is 0 Å². The highest BCUT2D eigenvalue weighted by atomic mass is 19.1. The molecule has 0 radical (unpaired) electrons. The van der Waals surface area contributed by atoms with E-state index < -0.39 is 11.6 Å². The van der Waals surface area contributed by atoms with Gasteiger partial charge >= 0.3 is 6.03 Å². The topological polar surface area (TPSA) is 44.4 Å². The average molecular weight is 255 g/mol. The van der Waals surface area contributed by atoms with Gasteiger partial charge in [0.15, 0.2) is 0 Å². The van der Waals surface area contributed by atoms with Crippen molar-refractivity contribution in [2.24, 2.45) is 0 Å². The molecular weight excluding hydrogens is 240 g/mol. The third-order valence-electron chi connectivity index (χ3n) is 2.85. The molecule has 1 saturated heterocycles. The first-order valence-corrected chi connectivity index (χ1v) is 5.84. The van der Waals surface area contributed by atoms with E-state index in [1.54, 1.807) is 4.90 Å². The van der Waals surface area contributed by atoms with E-state index in [0.717, 1.165) is 19.2 Å². The Morgan fingerprint density at radius 3 is 2.72 bits per heavy atom. The summed E-state index contributed by atoms with van der Waals surface area (Å²) in [4.78, 5) is 13.4. The second-order valence-corrected chi connectivity index (χ2v) is 4.13. The van der Waals surface area contributed by atoms with Crippen molar-refractivity contribution in [3.05, 3.63) is 35.4 Å². The number of nitrogens with zero attached hydrogens (tertiary/aromatic N) is 1. The Bertz CT molecular complexity index is 433. The summed E-state index contributed by atoms with van der Waals surface area (Å²) in [5.41, 5.74) is 0.278. The van der Waals surface area contributed by atoms with Crippen molar-refractivity contribution in [2.75, 3.05) is 26.2 Å². The molecule has 0 aromatic heterocycles. The lowest BCUT2D eigenvalue weighted by Gasteiger charge is -2.27. The van der Waals surface area contributed by atoms with Crippen molar-refractivity contribution in [1.29, 1.82) is 0 Å². The van der Waals surface area contributed by atoms with Crippen molar-refractivity contribution in [3.8, 4) is 0 Å². The molecule has 0 aliphatic carbocycles. The Morgan fingerprint density at radius 1 is 1.33 bits per heavy atom. The maximum atomic E-state index is 13.3. The predicted molar refractivity (Wildman–Crippen MR) is 63.0 cm³/mol. The molecule has 0 spiro atoms. The van der Waals surface area contributed by atoms with E-state index in [1.165, 1.54) is 12.1 Å². The number of carbonyl (C=O) groups excluding carboxylic acids is 1. The van der Waals surface area contributed by atoms with Crippen LogP contribution in [0.1, 0.15) is 5.56 Å². The molecule has 1 aliphatic heterocycles. The van der Waals surface area contributed by atoms with Gasteiger partial charge in [-0.15, -0.1) is 0 Å². The molecule has 4 nitrogen and oxygen atoms in total. The maximum absolute atomic E-state index is 13.3. The van der Waals surface area contributed by atoms with Gasteiger partial charge in [-0.1, -0.05) is 6.07 Å². The third kappa shape index (κ3) is 3.16. The monoisotopic (exact) mass is 255 g/mol. The zero-order valence-corrected chi connectivity index (χ0v) is 9.88. The molecule has 1 heterocycles. The van der Waals surface area contributed by atoms with Gasteiger partial charge < -0.3 is 15.5 Å². The van der Waals surface area contributed by atoms with Crippen LogP contribution in [0.25, 0.3) is 0 Å². The summed E-state index contributed by atoms with van der Waals surface area (Å²) >= 11 is 0. The molecule has 98 valence electrons. The van der Waals surface area contributed by atoms with Gasteiger partial charge in [-0.3, -0.25) is 0 Å². The summed E-state index contributed by atoms with van der Waals surface area (Å²) in [6.07, 6.45) is 0. The first kappa shape index (κ1) is 12.8. The fourth-order valence-corrected chi connectivity index (χ4v) is 1.82. The maximum Gasteiger partial charge on any atom is 0.317 e. The number of hydrogen-bond acceptors (Lipinski definition) is 2. The van der Waals surface area contributed by atoms with Crippen molar-refractivity contribution >= 4 is 6.03 Å². The molecule has 1 aromatic carbocycles. The van der Waals surface area contributed by atoms with Crippen LogP contribution in [-0.2, 0) is 6.54 Å². The van der Waals surface area contributed by atoms with Gasteiger partial charge in [0.1, 0.15) is 11.6 Å². The highest BCUT2D eigenvalue weighted by Crippen LogP contribution is 2.09. The highest BCUT2D eigenvalue weighted by Gasteiger charge is 2.15. The zero-order valence-electron chi connectivity index (χ0n) is 9.88. The van der Waals surface area contributed by atoms with Crippen molar-refractivity contribution in [3.63, 3.8) is 0 Å². The number of piperazine rings is 1. The minimum absolute atomic E-state index is 0.0644. The quantitative estimate of drug-likeness (QED) is 0.830. The predicted octanol–water partition coefficient (Wildman–Crippen LogP) is 1.08. The Morgan fingerprint density at radius 2 is 2.06 bits per heavy atom. The number of rotatable bonds is 2. The second kappa shape index (κ2) is 5.77. The molecule has 2 amide bonds. The molecule has 2 N–H and O–H groups in total. The highest BCUT2D eigenvalue weighted by molar-refractivity contribution is 5.74. The van der Waals surface area contributed by atoms with Crippen molar-refractivity contribution < 1.29 is 13.6 Å². The molecule has 0 saturated carbocycles. The van der Waals surface area contributed by atoms with Crippen LogP contribution in [0.5, 0.6) is 0 Å². The molecule has 1 aromatic rings. The molecular formula is C12H15F2N3O. The zero-order chi connectivity index (χ0) is 13.0. The average Bonchev–Trinajstić information content (AvgIpc) is 2.38. The second-order valence-electron chi connectivity index (χ2n) is 4.13. The summed E-state index contributed by atoms with van der Waals surface area (Å²) in [6, 6.07) is 3.10. The van der Waals surface area contributed by atoms with E-state index in [2.05, 4.69) is 10.6 Å². The SMILES string of the molecule is O=C(NCc1ccc(F)cc1F)N1CCNCC1. The molecule has 0 unspecified atom stereocenters. The van der Waals surface area contributed by atoms with Crippen LogP contribution >= 0.6 is 0 Å². The number of nitrogens with one attached hydrogen (secondary N) is 2. The van der Waals surface area contributed by atoms with Gasteiger partial charge in [0, 0.05) is 44.4 Å². The molecule has 18 heavy (non-hydrogen) atoms. The van der Waals surface area contributed by atoms with Gasteiger partial charge in [0.25, 0.3) is 0 Å². The van der Waals surface area contributed by atoms with E-state index in [-0.39, 0.29) is 18.1 Å². The van der Waals surface area contributed by atoms with Crippen LogP contribution in [0.3, 0.4) is 0 Å². The summed E-state index contributed by atoms with van der Waals surface area (Å²) in [6.45, 7) is 2.86. The third-order valence-corrected chi connectivity index (χ3v) is 2.85. The molecule has 6 heteroatoms. The van der Waals surface area contributed by atoms with Gasteiger partial charge in [0.2, 0.25) is 0 Å². The smallest absolute Gasteiger partial charge is 0.317 e. The molecule has 1 aliphatic rings. The van der Waals surface area contributed by atoms with E-state index in [0.29, 0.717) is 13.1 Å². The lowest BCUT2D eigenvalue weighted by atomic mass is 10.2. The standard InChI is InChI=1S/C12H15F2N3O/c13-10-2-1-9(11(14)7-10)8-16-12(18)17-5-3-15-4-6-17/h1-2,7,15H,3-6,8H2,(H,16,18). The number of hydrogen-bond donors (Lipinski definition) is 2. The van der Waals surface area contributed by atoms with Crippen LogP contribution in [0.4, 0.5) is 13.6 Å². The summed E-state index contributed by atoms with van der Waals surface area (Å²) < 4.78 is 26.0. The van der Waals surface area contributed by atoms with Crippen LogP contribution in [0, 0.1) is 11.6 Å². The minimum Gasteiger partial charge on any atom is -0.334 e. The van der Waals surface area contributed by atoms with E-state index >= 15 is 0 Å². The normalized spacial score (nSPS) is 15.6. The summed E-state index contributed by atoms with van der Waals surface area (Å²) in [5.74, 6) is -1.26. The Kier molecular flexibility index (Phi) is 4.09. The number of urea groups is 1. The first-order valence-electron chi connectivity index (χ1n) is 5.84. The lowest BCUT2D eigenvalue weighted by molar-refractivity contribution is 0.189. The Balaban J connectivity index is 1.88. The number of amides is 2. The number of carbonyl (C=O) groups is 1. The van der Waals surface area contributed by atoms with Crippen LogP contribution < -0.4 is 10.6 Å². The van der Waals surface area contributed by atoms with Gasteiger partial charge in [-0.25, -0.2) is 13.6 Å². The number of halogens is 2. The molecule has 0 bridgehead atoms. The largest absolute Gasteiger partial charge is 0.334 e. The fraction of sp³-hybridized carbons (Fsp3) is 0.417. The van der Waals surface area contributed by atoms with Gasteiger partial charge in [0.05, 0.1) is 0 Å². The van der Waals surface area contributed by atoms with E-state index in [9.17, 15) is 13.6 Å². The Hall–Kier alpha value is -1.69. The van der Waals surface area contributed by atoms with Gasteiger partial charge in [-0.2, -0.15) is 0 Å². The Labute approximate surface area is 104 Å². The van der Waals surface area contributed by atoms with Crippen molar-refractivity contribution in [2.45, 2.75) is 6.54 Å². The summed E-state index contributed by atoms with van der Waals surface area (Å²) in [5, 5.41) is 5.76. The van der Waals surface area contributed by atoms with E-state index in [4.69, 9.17) is 0 Å². The lowest BCUT2D eigenvalue weighted by Crippen LogP contribution is -2.50. The minimum atomic E-state index is -0.643. The fourth-order valence-electron chi connectivity index (χ4n) is 1.82. The van der Waals surface area contributed by atoms with E-state index in [1.807, 2.05) is 0 Å². The van der Waals surface area contributed by atoms with Crippen LogP contribution in [-0.4, -0.2) is 37.1 Å². The summed E-state index contributed by atoms with van der Waals surface area (Å²) in [7, 11) is 0. The molecule has 1 fully saturated rings. The van der Waals surface area contributed by atoms with Crippen LogP contribution in [0.15, 0.2) is 18.2 Å².